The number of alkyl halides is 3. The van der Waals surface area contributed by atoms with Gasteiger partial charge in [0.1, 0.15) is 17.4 Å². The fourth-order valence-corrected chi connectivity index (χ4v) is 3.13. The van der Waals surface area contributed by atoms with Crippen LogP contribution in [0.4, 0.5) is 27.6 Å². The van der Waals surface area contributed by atoms with Crippen LogP contribution in [0.25, 0.3) is 11.3 Å². The zero-order chi connectivity index (χ0) is 24.3. The summed E-state index contributed by atoms with van der Waals surface area (Å²) >= 11 is 11.7. The molecule has 0 aliphatic carbocycles. The van der Waals surface area contributed by atoms with E-state index in [-0.39, 0.29) is 26.9 Å². The number of anilines is 1. The lowest BCUT2D eigenvalue weighted by atomic mass is 10.0. The molecule has 2 aromatic carbocycles. The summed E-state index contributed by atoms with van der Waals surface area (Å²) in [5.41, 5.74) is -1.30. The molecule has 3 aromatic rings. The van der Waals surface area contributed by atoms with E-state index in [2.05, 4.69) is 10.3 Å². The number of aliphatic hydroxyl groups is 1. The number of aliphatic hydroxyl groups excluding tert-OH is 1. The van der Waals surface area contributed by atoms with Gasteiger partial charge in [-0.05, 0) is 35.9 Å². The van der Waals surface area contributed by atoms with Gasteiger partial charge in [-0.2, -0.15) is 13.2 Å². The van der Waals surface area contributed by atoms with Crippen molar-refractivity contribution in [1.29, 1.82) is 0 Å². The van der Waals surface area contributed by atoms with Crippen molar-refractivity contribution >= 4 is 34.8 Å². The maximum absolute atomic E-state index is 14.9. The lowest BCUT2D eigenvalue weighted by molar-refractivity contribution is -0.153. The summed E-state index contributed by atoms with van der Waals surface area (Å²) in [7, 11) is 0. The average Bonchev–Trinajstić information content (AvgIpc) is 2.75. The number of carbonyl (C=O) groups is 1. The molecule has 0 spiro atoms. The first-order chi connectivity index (χ1) is 15.5. The standard InChI is InChI=1S/C21H13Cl2F5N2O3/c22-13-2-1-3-15(24)19(13)30-20(32)12-5-16(25)11(6-18(12)33-9-21(26,27)28)17-4-10(8-31)14(23)7-29-17/h1-7,31H,8-9H2,(H,30,32). The van der Waals surface area contributed by atoms with Crippen molar-refractivity contribution in [3.05, 3.63) is 75.4 Å². The Morgan fingerprint density at radius 3 is 2.45 bits per heavy atom. The highest BCUT2D eigenvalue weighted by atomic mass is 35.5. The molecule has 0 saturated heterocycles. The Morgan fingerprint density at radius 1 is 1.09 bits per heavy atom. The van der Waals surface area contributed by atoms with E-state index in [4.69, 9.17) is 27.9 Å². The Kier molecular flexibility index (Phi) is 7.41. The molecule has 0 radical (unpaired) electrons. The van der Waals surface area contributed by atoms with Crippen LogP contribution in [-0.4, -0.2) is 28.8 Å². The molecule has 1 amide bonds. The van der Waals surface area contributed by atoms with Gasteiger partial charge in [-0.15, -0.1) is 0 Å². The number of aromatic nitrogens is 1. The Bertz CT molecular complexity index is 1180. The number of benzene rings is 2. The number of nitrogens with zero attached hydrogens (tertiary/aromatic N) is 1. The van der Waals surface area contributed by atoms with E-state index in [9.17, 15) is 31.9 Å². The second-order valence-electron chi connectivity index (χ2n) is 6.60. The van der Waals surface area contributed by atoms with Crippen LogP contribution < -0.4 is 10.1 Å². The van der Waals surface area contributed by atoms with E-state index in [1.807, 2.05) is 0 Å². The molecule has 0 aliphatic heterocycles. The molecule has 1 aromatic heterocycles. The Morgan fingerprint density at radius 2 is 1.82 bits per heavy atom. The number of rotatable bonds is 6. The molecule has 33 heavy (non-hydrogen) atoms. The minimum absolute atomic E-state index is 0.0816. The largest absolute Gasteiger partial charge is 0.483 e. The third kappa shape index (κ3) is 5.89. The molecule has 174 valence electrons. The van der Waals surface area contributed by atoms with E-state index in [0.717, 1.165) is 18.3 Å². The summed E-state index contributed by atoms with van der Waals surface area (Å²) in [6.07, 6.45) is -3.64. The van der Waals surface area contributed by atoms with Gasteiger partial charge in [0.15, 0.2) is 6.61 Å². The van der Waals surface area contributed by atoms with Crippen LogP contribution in [0.1, 0.15) is 15.9 Å². The molecule has 0 unspecified atom stereocenters. The van der Waals surface area contributed by atoms with Gasteiger partial charge in [0.2, 0.25) is 0 Å². The van der Waals surface area contributed by atoms with Crippen molar-refractivity contribution in [1.82, 2.24) is 4.98 Å². The first-order valence-corrected chi connectivity index (χ1v) is 9.80. The Balaban J connectivity index is 2.07. The van der Waals surface area contributed by atoms with Crippen LogP contribution in [0.15, 0.2) is 42.6 Å². The molecule has 3 rings (SSSR count). The summed E-state index contributed by atoms with van der Waals surface area (Å²) in [5, 5.41) is 11.4. The number of amides is 1. The first kappa shape index (κ1) is 24.7. The number of para-hydroxylation sites is 1. The zero-order valence-corrected chi connectivity index (χ0v) is 17.8. The van der Waals surface area contributed by atoms with Gasteiger partial charge in [-0.3, -0.25) is 9.78 Å². The van der Waals surface area contributed by atoms with E-state index < -0.39 is 53.9 Å². The molecule has 0 bridgehead atoms. The van der Waals surface area contributed by atoms with Crippen molar-refractivity contribution in [2.75, 3.05) is 11.9 Å². The molecular weight excluding hydrogens is 494 g/mol. The monoisotopic (exact) mass is 506 g/mol. The minimum Gasteiger partial charge on any atom is -0.483 e. The maximum Gasteiger partial charge on any atom is 0.422 e. The molecule has 0 saturated carbocycles. The molecule has 1 heterocycles. The molecule has 2 N–H and O–H groups in total. The van der Waals surface area contributed by atoms with Crippen LogP contribution in [0.3, 0.4) is 0 Å². The van der Waals surface area contributed by atoms with E-state index in [1.165, 1.54) is 18.2 Å². The quantitative estimate of drug-likeness (QED) is 0.401. The highest BCUT2D eigenvalue weighted by molar-refractivity contribution is 6.34. The van der Waals surface area contributed by atoms with Crippen molar-refractivity contribution < 1.29 is 36.6 Å². The maximum atomic E-state index is 14.9. The lowest BCUT2D eigenvalue weighted by Gasteiger charge is -2.16. The number of hydrogen-bond donors (Lipinski definition) is 2. The number of carbonyl (C=O) groups excluding carboxylic acids is 1. The van der Waals surface area contributed by atoms with E-state index in [1.54, 1.807) is 0 Å². The SMILES string of the molecule is O=C(Nc1c(F)cccc1Cl)c1cc(F)c(-c2cc(CO)c(Cl)cn2)cc1OCC(F)(F)F. The van der Waals surface area contributed by atoms with Gasteiger partial charge in [0, 0.05) is 11.8 Å². The number of pyridine rings is 1. The Labute approximate surface area is 193 Å². The van der Waals surface area contributed by atoms with E-state index >= 15 is 0 Å². The Hall–Kier alpha value is -2.95. The second-order valence-corrected chi connectivity index (χ2v) is 7.42. The fourth-order valence-electron chi connectivity index (χ4n) is 2.75. The summed E-state index contributed by atoms with van der Waals surface area (Å²) in [4.78, 5) is 16.6. The van der Waals surface area contributed by atoms with Crippen LogP contribution >= 0.6 is 23.2 Å². The third-order valence-electron chi connectivity index (χ3n) is 4.29. The third-order valence-corrected chi connectivity index (χ3v) is 4.94. The van der Waals surface area contributed by atoms with Crippen LogP contribution in [0.2, 0.25) is 10.0 Å². The normalized spacial score (nSPS) is 11.4. The summed E-state index contributed by atoms with van der Waals surface area (Å²) < 4.78 is 71.9. The van der Waals surface area contributed by atoms with Crippen molar-refractivity contribution in [3.8, 4) is 17.0 Å². The van der Waals surface area contributed by atoms with Crippen LogP contribution in [-0.2, 0) is 6.61 Å². The molecule has 0 atom stereocenters. The second kappa shape index (κ2) is 9.90. The summed E-state index contributed by atoms with van der Waals surface area (Å²) in [5.74, 6) is -3.76. The van der Waals surface area contributed by atoms with Crippen molar-refractivity contribution in [2.24, 2.45) is 0 Å². The predicted octanol–water partition coefficient (Wildman–Crippen LogP) is 6.02. The lowest BCUT2D eigenvalue weighted by Crippen LogP contribution is -2.22. The highest BCUT2D eigenvalue weighted by Crippen LogP contribution is 2.33. The molecule has 0 aliphatic rings. The number of halogens is 7. The number of nitrogens with one attached hydrogen (secondary N) is 1. The average molecular weight is 507 g/mol. The van der Waals surface area contributed by atoms with Gasteiger partial charge >= 0.3 is 6.18 Å². The van der Waals surface area contributed by atoms with Crippen molar-refractivity contribution in [3.63, 3.8) is 0 Å². The minimum atomic E-state index is -4.76. The molecule has 0 fully saturated rings. The first-order valence-electron chi connectivity index (χ1n) is 9.04. The predicted molar refractivity (Wildman–Crippen MR) is 111 cm³/mol. The fraction of sp³-hybridized carbons (Fsp3) is 0.143. The van der Waals surface area contributed by atoms with Crippen LogP contribution in [0, 0.1) is 11.6 Å². The van der Waals surface area contributed by atoms with Gasteiger partial charge in [-0.1, -0.05) is 29.3 Å². The summed E-state index contributed by atoms with van der Waals surface area (Å²) in [6, 6.07) is 6.25. The smallest absolute Gasteiger partial charge is 0.422 e. The topological polar surface area (TPSA) is 71.5 Å². The molecule has 5 nitrogen and oxygen atoms in total. The van der Waals surface area contributed by atoms with Crippen LogP contribution in [0.5, 0.6) is 5.75 Å². The van der Waals surface area contributed by atoms with E-state index in [0.29, 0.717) is 6.07 Å². The number of hydrogen-bond acceptors (Lipinski definition) is 4. The van der Waals surface area contributed by atoms with Gasteiger partial charge in [-0.25, -0.2) is 8.78 Å². The molecular formula is C21H13Cl2F5N2O3. The van der Waals surface area contributed by atoms with Gasteiger partial charge < -0.3 is 15.2 Å². The zero-order valence-electron chi connectivity index (χ0n) is 16.3. The van der Waals surface area contributed by atoms with Gasteiger partial charge in [0.05, 0.1) is 33.6 Å². The number of ether oxygens (including phenoxy) is 1. The van der Waals surface area contributed by atoms with Gasteiger partial charge in [0.25, 0.3) is 5.91 Å². The molecule has 12 heteroatoms. The van der Waals surface area contributed by atoms with Crippen molar-refractivity contribution in [2.45, 2.75) is 12.8 Å². The highest BCUT2D eigenvalue weighted by Gasteiger charge is 2.30. The summed E-state index contributed by atoms with van der Waals surface area (Å²) in [6.45, 7) is -2.29.